The van der Waals surface area contributed by atoms with Gasteiger partial charge in [0.25, 0.3) is 0 Å². The van der Waals surface area contributed by atoms with Gasteiger partial charge in [-0.3, -0.25) is 4.99 Å². The maximum Gasteiger partial charge on any atom is 0.177 e. The van der Waals surface area contributed by atoms with Crippen molar-refractivity contribution in [2.24, 2.45) is 4.99 Å². The summed E-state index contributed by atoms with van der Waals surface area (Å²) in [4.78, 5) is 10.8. The van der Waals surface area contributed by atoms with Gasteiger partial charge in [0.15, 0.2) is 10.8 Å². The van der Waals surface area contributed by atoms with Crippen molar-refractivity contribution in [3.63, 3.8) is 0 Å². The van der Waals surface area contributed by atoms with Crippen LogP contribution in [0.25, 0.3) is 11.7 Å². The lowest BCUT2D eigenvalue weighted by molar-refractivity contribution is 0.141. The number of hydrogen-bond donors (Lipinski definition) is 2. The second-order valence-electron chi connectivity index (χ2n) is 6.67. The van der Waals surface area contributed by atoms with Crippen LogP contribution in [0.5, 0.6) is 0 Å². The van der Waals surface area contributed by atoms with Gasteiger partial charge in [-0.25, -0.2) is 4.98 Å². The van der Waals surface area contributed by atoms with Crippen molar-refractivity contribution in [2.75, 3.05) is 25.1 Å². The number of fused-ring (bicyclic) bond motifs is 1. The van der Waals surface area contributed by atoms with Crippen LogP contribution >= 0.6 is 23.2 Å². The lowest BCUT2D eigenvalue weighted by Gasteiger charge is -2.38. The number of aliphatic hydroxyl groups is 2. The maximum absolute atomic E-state index is 9.84. The molecule has 0 atom stereocenters. The standard InChI is InChI=1S/C20H16Cl2N6O.CH4O/c1-3-24-17-7-13(21)5-4-12(17)6-15-11(2)25-19-16(8-23)18(22)26-28(19)20(15)27-9-14(29)10-27;1-2/h3-7,14,29H,1,9-10H2,2H3;2H,1H3/b12-6+,24-17?;. The summed E-state index contributed by atoms with van der Waals surface area (Å²) in [6.07, 6.45) is 8.36. The van der Waals surface area contributed by atoms with Gasteiger partial charge in [0.05, 0.1) is 17.5 Å². The molecule has 2 aromatic rings. The van der Waals surface area contributed by atoms with Gasteiger partial charge in [-0.1, -0.05) is 35.9 Å². The normalized spacial score (nSPS) is 18.5. The number of aliphatic imine (C=N–C) groups is 1. The largest absolute Gasteiger partial charge is 0.400 e. The number of aryl methyl sites for hydroxylation is 1. The number of halogens is 2. The average molecular weight is 459 g/mol. The van der Waals surface area contributed by atoms with Crippen LogP contribution in [0.1, 0.15) is 16.8 Å². The molecule has 4 rings (SSSR count). The van der Waals surface area contributed by atoms with E-state index >= 15 is 0 Å². The fourth-order valence-electron chi connectivity index (χ4n) is 3.33. The molecule has 10 heteroatoms. The summed E-state index contributed by atoms with van der Waals surface area (Å²) in [6.45, 7) is 6.41. The zero-order valence-electron chi connectivity index (χ0n) is 16.9. The lowest BCUT2D eigenvalue weighted by Crippen LogP contribution is -2.52. The van der Waals surface area contributed by atoms with E-state index in [0.29, 0.717) is 41.0 Å². The fraction of sp³-hybridized carbons (Fsp3) is 0.238. The Kier molecular flexibility index (Phi) is 6.93. The third kappa shape index (κ3) is 4.27. The molecule has 2 aromatic heterocycles. The van der Waals surface area contributed by atoms with Crippen LogP contribution in [0, 0.1) is 18.3 Å². The van der Waals surface area contributed by atoms with Gasteiger partial charge in [-0.2, -0.15) is 14.9 Å². The summed E-state index contributed by atoms with van der Waals surface area (Å²) in [5, 5.41) is 31.3. The predicted octanol–water partition coefficient (Wildman–Crippen LogP) is 3.01. The molecule has 1 aliphatic heterocycles. The Morgan fingerprint density at radius 2 is 2.03 bits per heavy atom. The molecule has 0 bridgehead atoms. The van der Waals surface area contributed by atoms with Crippen LogP contribution in [0.4, 0.5) is 5.82 Å². The highest BCUT2D eigenvalue weighted by atomic mass is 35.5. The quantitative estimate of drug-likeness (QED) is 0.731. The van der Waals surface area contributed by atoms with Crippen molar-refractivity contribution in [1.82, 2.24) is 14.6 Å². The molecule has 0 radical (unpaired) electrons. The first-order chi connectivity index (χ1) is 14.9. The number of anilines is 1. The van der Waals surface area contributed by atoms with Gasteiger partial charge in [-0.15, -0.1) is 0 Å². The van der Waals surface area contributed by atoms with Crippen LogP contribution in [0.15, 0.2) is 46.6 Å². The van der Waals surface area contributed by atoms with E-state index in [1.807, 2.05) is 24.0 Å². The van der Waals surface area contributed by atoms with E-state index in [2.05, 4.69) is 27.7 Å². The molecule has 1 aliphatic carbocycles. The fourth-order valence-corrected chi connectivity index (χ4v) is 3.70. The Hall–Kier alpha value is -2.96. The molecule has 0 saturated carbocycles. The molecule has 3 heterocycles. The minimum Gasteiger partial charge on any atom is -0.400 e. The van der Waals surface area contributed by atoms with Crippen molar-refractivity contribution in [1.29, 1.82) is 5.26 Å². The smallest absolute Gasteiger partial charge is 0.177 e. The number of allylic oxidation sites excluding steroid dienone is 5. The molecular weight excluding hydrogens is 439 g/mol. The van der Waals surface area contributed by atoms with E-state index in [9.17, 15) is 10.4 Å². The Morgan fingerprint density at radius 3 is 2.65 bits per heavy atom. The number of rotatable bonds is 3. The molecule has 0 amide bonds. The highest BCUT2D eigenvalue weighted by Crippen LogP contribution is 2.33. The van der Waals surface area contributed by atoms with E-state index in [-0.39, 0.29) is 10.7 Å². The van der Waals surface area contributed by atoms with E-state index in [0.717, 1.165) is 18.2 Å². The van der Waals surface area contributed by atoms with Crippen molar-refractivity contribution in [3.05, 3.63) is 63.6 Å². The number of β-amino-alcohol motifs (C(OH)–C–C–N with tert-alkyl or cyclic N) is 1. The van der Waals surface area contributed by atoms with Gasteiger partial charge in [0.1, 0.15) is 17.5 Å². The van der Waals surface area contributed by atoms with Crippen molar-refractivity contribution in [2.45, 2.75) is 13.0 Å². The summed E-state index contributed by atoms with van der Waals surface area (Å²) in [5.41, 5.74) is 3.57. The van der Waals surface area contributed by atoms with Crippen LogP contribution in [0.3, 0.4) is 0 Å². The summed E-state index contributed by atoms with van der Waals surface area (Å²) < 4.78 is 1.56. The Morgan fingerprint density at radius 1 is 1.32 bits per heavy atom. The molecule has 1 fully saturated rings. The summed E-state index contributed by atoms with van der Waals surface area (Å²) in [6, 6.07) is 2.06. The lowest BCUT2D eigenvalue weighted by atomic mass is 10.0. The highest BCUT2D eigenvalue weighted by Gasteiger charge is 2.31. The van der Waals surface area contributed by atoms with Gasteiger partial charge >= 0.3 is 0 Å². The molecule has 2 N–H and O–H groups in total. The van der Waals surface area contributed by atoms with Crippen LogP contribution in [0.2, 0.25) is 5.15 Å². The van der Waals surface area contributed by atoms with Gasteiger partial charge in [0, 0.05) is 42.6 Å². The summed E-state index contributed by atoms with van der Waals surface area (Å²) >= 11 is 12.3. The third-order valence-corrected chi connectivity index (χ3v) is 5.22. The number of aliphatic hydroxyl groups excluding tert-OH is 2. The first-order valence-electron chi connectivity index (χ1n) is 9.25. The SMILES string of the molecule is C=CN=C1C=C(Cl)C=C/C1=C\c1c(C)nc2c(C#N)c(Cl)nn2c1N1CC(O)C1.CO. The Bertz CT molecular complexity index is 1200. The van der Waals surface area contributed by atoms with Crippen molar-refractivity contribution in [3.8, 4) is 6.07 Å². The monoisotopic (exact) mass is 458 g/mol. The molecule has 31 heavy (non-hydrogen) atoms. The number of nitrogens with zero attached hydrogens (tertiary/aromatic N) is 6. The van der Waals surface area contributed by atoms with E-state index in [1.165, 1.54) is 6.20 Å². The van der Waals surface area contributed by atoms with Crippen LogP contribution < -0.4 is 4.90 Å². The topological polar surface area (TPSA) is 110 Å². The summed E-state index contributed by atoms with van der Waals surface area (Å²) in [7, 11) is 1.00. The second-order valence-corrected chi connectivity index (χ2v) is 7.46. The number of nitriles is 1. The van der Waals surface area contributed by atoms with Gasteiger partial charge in [0.2, 0.25) is 0 Å². The molecule has 1 saturated heterocycles. The first kappa shape index (κ1) is 22.7. The molecule has 0 aromatic carbocycles. The van der Waals surface area contributed by atoms with E-state index in [4.69, 9.17) is 28.3 Å². The first-order valence-corrected chi connectivity index (χ1v) is 10.0. The molecule has 0 spiro atoms. The maximum atomic E-state index is 9.84. The van der Waals surface area contributed by atoms with Gasteiger partial charge in [-0.05, 0) is 25.2 Å². The Labute approximate surface area is 189 Å². The minimum atomic E-state index is -0.422. The minimum absolute atomic E-state index is 0.0905. The van der Waals surface area contributed by atoms with Crippen molar-refractivity contribution >= 4 is 46.5 Å². The van der Waals surface area contributed by atoms with E-state index < -0.39 is 6.10 Å². The molecule has 0 unspecified atom stereocenters. The predicted molar refractivity (Wildman–Crippen MR) is 122 cm³/mol. The Balaban J connectivity index is 0.00000132. The van der Waals surface area contributed by atoms with Crippen LogP contribution in [-0.2, 0) is 0 Å². The number of hydrogen-bond acceptors (Lipinski definition) is 7. The highest BCUT2D eigenvalue weighted by molar-refractivity contribution is 6.35. The summed E-state index contributed by atoms with van der Waals surface area (Å²) in [5.74, 6) is 0.709. The van der Waals surface area contributed by atoms with Crippen molar-refractivity contribution < 1.29 is 10.2 Å². The molecule has 2 aliphatic rings. The third-order valence-electron chi connectivity index (χ3n) is 4.72. The number of aromatic nitrogens is 3. The molecule has 8 nitrogen and oxygen atoms in total. The molecular formula is C21H20Cl2N6O2. The zero-order valence-corrected chi connectivity index (χ0v) is 18.4. The molecule has 160 valence electrons. The average Bonchev–Trinajstić information content (AvgIpc) is 3.04. The second kappa shape index (κ2) is 9.45. The van der Waals surface area contributed by atoms with Gasteiger partial charge < -0.3 is 15.1 Å². The van der Waals surface area contributed by atoms with Crippen LogP contribution in [-0.4, -0.2) is 56.8 Å². The van der Waals surface area contributed by atoms with E-state index in [1.54, 1.807) is 16.7 Å². The zero-order chi connectivity index (χ0) is 22.7.